The van der Waals surface area contributed by atoms with Gasteiger partial charge in [-0.25, -0.2) is 4.98 Å². The molecule has 2 amide bonds. The topological polar surface area (TPSA) is 62.7 Å². The first-order valence-corrected chi connectivity index (χ1v) is 10.2. The smallest absolute Gasteiger partial charge is 0.230 e. The van der Waals surface area contributed by atoms with E-state index in [1.54, 1.807) is 18.1 Å². The van der Waals surface area contributed by atoms with E-state index in [2.05, 4.69) is 18.8 Å². The zero-order chi connectivity index (χ0) is 18.5. The molecule has 2 bridgehead atoms. The van der Waals surface area contributed by atoms with Gasteiger partial charge in [0.05, 0.1) is 31.0 Å². The molecule has 4 atom stereocenters. The first kappa shape index (κ1) is 17.7. The van der Waals surface area contributed by atoms with E-state index in [0.717, 1.165) is 17.8 Å². The summed E-state index contributed by atoms with van der Waals surface area (Å²) in [5.74, 6) is -0.783. The highest BCUT2D eigenvalue weighted by Gasteiger charge is 2.67. The number of aromatic nitrogens is 1. The van der Waals surface area contributed by atoms with Crippen molar-refractivity contribution in [2.75, 3.05) is 13.6 Å². The van der Waals surface area contributed by atoms with Crippen LogP contribution in [0.15, 0.2) is 23.7 Å². The minimum absolute atomic E-state index is 0.0267. The van der Waals surface area contributed by atoms with E-state index in [1.807, 2.05) is 22.4 Å². The molecule has 0 saturated carbocycles. The molecule has 1 spiro atoms. The van der Waals surface area contributed by atoms with E-state index in [9.17, 15) is 9.59 Å². The van der Waals surface area contributed by atoms with E-state index in [1.165, 1.54) is 11.3 Å². The standard InChI is InChI=1S/C19H25N3O3S/c1-4-12(5-2)22-11-19-7-6-13(25-19)15(16(19)18(22)24)17(23)21(3)10-14-20-8-9-26-14/h6-9,12-13,15-16H,4-5,10-11H2,1-3H3/t13-,15-,16-,19-/m0/s1. The number of carbonyl (C=O) groups excluding carboxylic acids is 2. The van der Waals surface area contributed by atoms with Gasteiger partial charge >= 0.3 is 0 Å². The van der Waals surface area contributed by atoms with Gasteiger partial charge < -0.3 is 14.5 Å². The predicted molar refractivity (Wildman–Crippen MR) is 98.4 cm³/mol. The van der Waals surface area contributed by atoms with Gasteiger partial charge in [0.1, 0.15) is 10.6 Å². The second-order valence-corrected chi connectivity index (χ2v) is 8.44. The number of fused-ring (bicyclic) bond motifs is 1. The van der Waals surface area contributed by atoms with Crippen molar-refractivity contribution in [3.63, 3.8) is 0 Å². The number of hydrogen-bond acceptors (Lipinski definition) is 5. The fourth-order valence-corrected chi connectivity index (χ4v) is 5.38. The molecule has 2 fully saturated rings. The predicted octanol–water partition coefficient (Wildman–Crippen LogP) is 2.07. The molecule has 0 aliphatic carbocycles. The molecule has 26 heavy (non-hydrogen) atoms. The summed E-state index contributed by atoms with van der Waals surface area (Å²) >= 11 is 1.53. The molecule has 6 nitrogen and oxygen atoms in total. The molecule has 2 saturated heterocycles. The lowest BCUT2D eigenvalue weighted by Crippen LogP contribution is -2.45. The Balaban J connectivity index is 1.57. The molecule has 1 aromatic rings. The quantitative estimate of drug-likeness (QED) is 0.714. The molecular formula is C19H25N3O3S. The van der Waals surface area contributed by atoms with Gasteiger partial charge in [0, 0.05) is 24.7 Å². The molecule has 7 heteroatoms. The van der Waals surface area contributed by atoms with Crippen molar-refractivity contribution >= 4 is 23.2 Å². The van der Waals surface area contributed by atoms with Crippen molar-refractivity contribution in [1.29, 1.82) is 0 Å². The SMILES string of the molecule is CCC(CC)N1C[C@]23C=C[C@H](O2)[C@H](C(=O)N(C)Cc2nccs2)[C@H]3C1=O. The Morgan fingerprint density at radius 3 is 2.92 bits per heavy atom. The van der Waals surface area contributed by atoms with E-state index < -0.39 is 17.4 Å². The minimum Gasteiger partial charge on any atom is -0.360 e. The summed E-state index contributed by atoms with van der Waals surface area (Å²) in [7, 11) is 1.78. The lowest BCUT2D eigenvalue weighted by molar-refractivity contribution is -0.143. The van der Waals surface area contributed by atoms with Crippen LogP contribution in [0.5, 0.6) is 0 Å². The summed E-state index contributed by atoms with van der Waals surface area (Å²) < 4.78 is 6.21. The monoisotopic (exact) mass is 375 g/mol. The Bertz CT molecular complexity index is 730. The first-order chi connectivity index (χ1) is 12.5. The highest BCUT2D eigenvalue weighted by Crippen LogP contribution is 2.52. The molecule has 4 rings (SSSR count). The number of ether oxygens (including phenoxy) is 1. The number of carbonyl (C=O) groups is 2. The van der Waals surface area contributed by atoms with Crippen LogP contribution in [0, 0.1) is 11.8 Å². The number of nitrogens with zero attached hydrogens (tertiary/aromatic N) is 3. The minimum atomic E-state index is -0.618. The number of rotatable bonds is 6. The summed E-state index contributed by atoms with van der Waals surface area (Å²) in [4.78, 5) is 34.3. The molecule has 0 radical (unpaired) electrons. The van der Waals surface area contributed by atoms with Gasteiger partial charge in [0.2, 0.25) is 11.8 Å². The maximum atomic E-state index is 13.2. The van der Waals surface area contributed by atoms with Crippen LogP contribution in [0.1, 0.15) is 31.7 Å². The van der Waals surface area contributed by atoms with Crippen molar-refractivity contribution in [3.05, 3.63) is 28.7 Å². The molecule has 1 aromatic heterocycles. The van der Waals surface area contributed by atoms with Crippen LogP contribution < -0.4 is 0 Å². The molecule has 0 aromatic carbocycles. The fourth-order valence-electron chi connectivity index (χ4n) is 4.71. The van der Waals surface area contributed by atoms with Crippen LogP contribution in [0.3, 0.4) is 0 Å². The Morgan fingerprint density at radius 1 is 1.50 bits per heavy atom. The Labute approximate surface area is 157 Å². The third-order valence-corrected chi connectivity index (χ3v) is 6.79. The van der Waals surface area contributed by atoms with Gasteiger partial charge in [0.15, 0.2) is 0 Å². The number of thiazole rings is 1. The fraction of sp³-hybridized carbons (Fsp3) is 0.632. The summed E-state index contributed by atoms with van der Waals surface area (Å²) in [5, 5.41) is 2.80. The third-order valence-electron chi connectivity index (χ3n) is 6.03. The van der Waals surface area contributed by atoms with E-state index >= 15 is 0 Å². The summed E-state index contributed by atoms with van der Waals surface area (Å²) in [6.45, 7) is 5.24. The highest BCUT2D eigenvalue weighted by molar-refractivity contribution is 7.09. The normalized spacial score (nSPS) is 31.9. The summed E-state index contributed by atoms with van der Waals surface area (Å²) in [6, 6.07) is 0.210. The molecule has 140 valence electrons. The first-order valence-electron chi connectivity index (χ1n) is 9.31. The van der Waals surface area contributed by atoms with Gasteiger partial charge in [0.25, 0.3) is 0 Å². The zero-order valence-corrected chi connectivity index (χ0v) is 16.2. The number of likely N-dealkylation sites (tertiary alicyclic amines) is 1. The van der Waals surface area contributed by atoms with E-state index in [-0.39, 0.29) is 24.0 Å². The second kappa shape index (κ2) is 6.46. The van der Waals surface area contributed by atoms with Crippen molar-refractivity contribution in [3.8, 4) is 0 Å². The van der Waals surface area contributed by atoms with Crippen LogP contribution >= 0.6 is 11.3 Å². The van der Waals surface area contributed by atoms with Gasteiger partial charge in [-0.15, -0.1) is 11.3 Å². The highest BCUT2D eigenvalue weighted by atomic mass is 32.1. The Morgan fingerprint density at radius 2 is 2.27 bits per heavy atom. The Hall–Kier alpha value is -1.73. The van der Waals surface area contributed by atoms with E-state index in [0.29, 0.717) is 13.1 Å². The molecule has 3 aliphatic heterocycles. The molecule has 3 aliphatic rings. The van der Waals surface area contributed by atoms with Crippen molar-refractivity contribution in [2.24, 2.45) is 11.8 Å². The molecule has 0 unspecified atom stereocenters. The molecular weight excluding hydrogens is 350 g/mol. The van der Waals surface area contributed by atoms with Crippen LogP contribution in [-0.2, 0) is 20.9 Å². The second-order valence-electron chi connectivity index (χ2n) is 7.46. The summed E-state index contributed by atoms with van der Waals surface area (Å²) in [5.41, 5.74) is -0.618. The van der Waals surface area contributed by atoms with Crippen molar-refractivity contribution < 1.29 is 14.3 Å². The number of amides is 2. The number of hydrogen-bond donors (Lipinski definition) is 0. The lowest BCUT2D eigenvalue weighted by Gasteiger charge is -2.29. The maximum absolute atomic E-state index is 13.2. The largest absolute Gasteiger partial charge is 0.360 e. The van der Waals surface area contributed by atoms with Crippen LogP contribution in [0.4, 0.5) is 0 Å². The van der Waals surface area contributed by atoms with Crippen molar-refractivity contribution in [2.45, 2.75) is 51.0 Å². The lowest BCUT2D eigenvalue weighted by atomic mass is 9.76. The van der Waals surface area contributed by atoms with Crippen molar-refractivity contribution in [1.82, 2.24) is 14.8 Å². The van der Waals surface area contributed by atoms with E-state index in [4.69, 9.17) is 4.74 Å². The third kappa shape index (κ3) is 2.52. The average Bonchev–Trinajstić information content (AvgIpc) is 3.38. The van der Waals surface area contributed by atoms with Crippen LogP contribution in [-0.4, -0.2) is 57.9 Å². The van der Waals surface area contributed by atoms with Gasteiger partial charge in [-0.2, -0.15) is 0 Å². The van der Waals surface area contributed by atoms with Crippen LogP contribution in [0.2, 0.25) is 0 Å². The molecule has 4 heterocycles. The van der Waals surface area contributed by atoms with Crippen LogP contribution in [0.25, 0.3) is 0 Å². The summed E-state index contributed by atoms with van der Waals surface area (Å²) in [6.07, 6.45) is 7.28. The van der Waals surface area contributed by atoms with Gasteiger partial charge in [-0.3, -0.25) is 9.59 Å². The average molecular weight is 375 g/mol. The maximum Gasteiger partial charge on any atom is 0.230 e. The Kier molecular flexibility index (Phi) is 4.39. The molecule has 0 N–H and O–H groups in total. The van der Waals surface area contributed by atoms with Gasteiger partial charge in [-0.1, -0.05) is 26.0 Å². The van der Waals surface area contributed by atoms with Gasteiger partial charge in [-0.05, 0) is 12.8 Å². The zero-order valence-electron chi connectivity index (χ0n) is 15.4.